The number of aromatic nitrogens is 2. The van der Waals surface area contributed by atoms with Crippen LogP contribution in [0.1, 0.15) is 5.37 Å². The molecule has 2 heterocycles. The number of rotatable bonds is 2. The standard InChI is InChI=1S/C9H11ClN2O4S/c10-6-1-12(9(15)11-8(6)14)7-3-16-5(2-13)4-17-7/h1,5,7,13H,2-4H2,(H,11,14,15). The molecule has 0 spiro atoms. The number of H-pyrrole nitrogens is 1. The number of ether oxygens (including phenoxy) is 1. The van der Waals surface area contributed by atoms with E-state index in [0.29, 0.717) is 5.75 Å². The van der Waals surface area contributed by atoms with Crippen LogP contribution in [0.2, 0.25) is 5.02 Å². The molecule has 0 amide bonds. The summed E-state index contributed by atoms with van der Waals surface area (Å²) in [6.07, 6.45) is 1.11. The van der Waals surface area contributed by atoms with Gasteiger partial charge in [-0.2, -0.15) is 0 Å². The van der Waals surface area contributed by atoms with Crippen LogP contribution in [0.25, 0.3) is 0 Å². The predicted octanol–water partition coefficient (Wildman–Crippen LogP) is -0.187. The summed E-state index contributed by atoms with van der Waals surface area (Å²) in [5.41, 5.74) is -1.11. The Labute approximate surface area is 106 Å². The number of aromatic amines is 1. The van der Waals surface area contributed by atoms with Crippen molar-refractivity contribution in [2.75, 3.05) is 19.0 Å². The molecule has 1 fully saturated rings. The minimum atomic E-state index is -0.595. The number of aliphatic hydroxyl groups is 1. The van der Waals surface area contributed by atoms with Gasteiger partial charge in [0.15, 0.2) is 0 Å². The van der Waals surface area contributed by atoms with Crippen molar-refractivity contribution in [2.24, 2.45) is 0 Å². The molecule has 0 radical (unpaired) electrons. The molecule has 1 saturated heterocycles. The van der Waals surface area contributed by atoms with Gasteiger partial charge in [0.05, 0.1) is 19.3 Å². The maximum absolute atomic E-state index is 11.6. The summed E-state index contributed by atoms with van der Waals surface area (Å²) in [4.78, 5) is 24.8. The highest BCUT2D eigenvalue weighted by Gasteiger charge is 2.24. The highest BCUT2D eigenvalue weighted by molar-refractivity contribution is 7.99. The van der Waals surface area contributed by atoms with E-state index in [0.717, 1.165) is 0 Å². The van der Waals surface area contributed by atoms with Gasteiger partial charge in [0.25, 0.3) is 5.56 Å². The van der Waals surface area contributed by atoms with Gasteiger partial charge >= 0.3 is 5.69 Å². The summed E-state index contributed by atoms with van der Waals surface area (Å²) >= 11 is 7.14. The van der Waals surface area contributed by atoms with E-state index in [4.69, 9.17) is 21.4 Å². The first kappa shape index (κ1) is 12.7. The third-order valence-corrected chi connectivity index (χ3v) is 3.97. The minimum absolute atomic E-state index is 0.0329. The highest BCUT2D eigenvalue weighted by atomic mass is 35.5. The Bertz CT molecular complexity index is 506. The molecule has 0 aliphatic carbocycles. The lowest BCUT2D eigenvalue weighted by Crippen LogP contribution is -2.37. The fraction of sp³-hybridized carbons (Fsp3) is 0.556. The van der Waals surface area contributed by atoms with E-state index in [-0.39, 0.29) is 29.7 Å². The predicted molar refractivity (Wildman–Crippen MR) is 64.7 cm³/mol. The quantitative estimate of drug-likeness (QED) is 0.784. The van der Waals surface area contributed by atoms with Gasteiger partial charge in [-0.3, -0.25) is 14.3 Å². The van der Waals surface area contributed by atoms with Gasteiger partial charge in [0, 0.05) is 11.9 Å². The average Bonchev–Trinajstić information content (AvgIpc) is 2.34. The van der Waals surface area contributed by atoms with Crippen molar-refractivity contribution < 1.29 is 9.84 Å². The van der Waals surface area contributed by atoms with Crippen LogP contribution in [0, 0.1) is 0 Å². The lowest BCUT2D eigenvalue weighted by Gasteiger charge is -2.28. The summed E-state index contributed by atoms with van der Waals surface area (Å²) in [5.74, 6) is 0.588. The van der Waals surface area contributed by atoms with E-state index in [2.05, 4.69) is 4.98 Å². The van der Waals surface area contributed by atoms with Crippen LogP contribution in [-0.4, -0.2) is 39.7 Å². The number of thioether (sulfide) groups is 1. The Morgan fingerprint density at radius 3 is 3.00 bits per heavy atom. The number of nitrogens with one attached hydrogen (secondary N) is 1. The Balaban J connectivity index is 2.22. The van der Waals surface area contributed by atoms with Crippen LogP contribution in [0.15, 0.2) is 15.8 Å². The molecular formula is C9H11ClN2O4S. The summed E-state index contributed by atoms with van der Waals surface area (Å²) < 4.78 is 6.69. The Hall–Kier alpha value is -0.760. The van der Waals surface area contributed by atoms with E-state index in [1.165, 1.54) is 22.5 Å². The molecule has 1 aromatic heterocycles. The lowest BCUT2D eigenvalue weighted by atomic mass is 10.4. The maximum Gasteiger partial charge on any atom is 0.329 e. The molecule has 1 aliphatic heterocycles. The monoisotopic (exact) mass is 278 g/mol. The van der Waals surface area contributed by atoms with Crippen LogP contribution in [-0.2, 0) is 4.74 Å². The van der Waals surface area contributed by atoms with Gasteiger partial charge < -0.3 is 9.84 Å². The molecule has 0 saturated carbocycles. The van der Waals surface area contributed by atoms with E-state index < -0.39 is 11.2 Å². The molecule has 2 atom stereocenters. The first-order valence-corrected chi connectivity index (χ1v) is 6.39. The SMILES string of the molecule is O=c1[nH]c(=O)n(C2COC(CO)CS2)cc1Cl. The van der Waals surface area contributed by atoms with Gasteiger partial charge in [-0.25, -0.2) is 4.79 Å². The zero-order valence-electron chi connectivity index (χ0n) is 8.76. The van der Waals surface area contributed by atoms with E-state index in [9.17, 15) is 9.59 Å². The van der Waals surface area contributed by atoms with E-state index >= 15 is 0 Å². The van der Waals surface area contributed by atoms with Crippen LogP contribution in [0.3, 0.4) is 0 Å². The Morgan fingerprint density at radius 2 is 2.41 bits per heavy atom. The van der Waals surface area contributed by atoms with Gasteiger partial charge in [-0.1, -0.05) is 11.6 Å². The second-order valence-electron chi connectivity index (χ2n) is 3.57. The van der Waals surface area contributed by atoms with Gasteiger partial charge in [-0.15, -0.1) is 11.8 Å². The second kappa shape index (κ2) is 5.26. The van der Waals surface area contributed by atoms with Crippen LogP contribution in [0.4, 0.5) is 0 Å². The summed E-state index contributed by atoms with van der Waals surface area (Å²) in [6, 6.07) is 0. The summed E-state index contributed by atoms with van der Waals surface area (Å²) in [5, 5.41) is 8.64. The van der Waals surface area contributed by atoms with Crippen LogP contribution < -0.4 is 11.2 Å². The van der Waals surface area contributed by atoms with Gasteiger partial charge in [-0.05, 0) is 0 Å². The number of halogens is 1. The zero-order valence-corrected chi connectivity index (χ0v) is 10.3. The molecule has 0 bridgehead atoms. The number of nitrogens with zero attached hydrogens (tertiary/aromatic N) is 1. The van der Waals surface area contributed by atoms with E-state index in [1.807, 2.05) is 0 Å². The van der Waals surface area contributed by atoms with Crippen LogP contribution >= 0.6 is 23.4 Å². The van der Waals surface area contributed by atoms with Gasteiger partial charge in [0.1, 0.15) is 10.4 Å². The van der Waals surface area contributed by atoms with Gasteiger partial charge in [0.2, 0.25) is 0 Å². The first-order chi connectivity index (χ1) is 8.11. The molecule has 0 aromatic carbocycles. The average molecular weight is 279 g/mol. The largest absolute Gasteiger partial charge is 0.394 e. The summed E-state index contributed by atoms with van der Waals surface area (Å²) in [7, 11) is 0. The van der Waals surface area contributed by atoms with Crippen molar-refractivity contribution in [1.29, 1.82) is 0 Å². The van der Waals surface area contributed by atoms with Crippen molar-refractivity contribution in [1.82, 2.24) is 9.55 Å². The normalized spacial score (nSPS) is 24.8. The molecule has 94 valence electrons. The second-order valence-corrected chi connectivity index (χ2v) is 5.19. The highest BCUT2D eigenvalue weighted by Crippen LogP contribution is 2.28. The lowest BCUT2D eigenvalue weighted by molar-refractivity contribution is 0.0152. The Kier molecular flexibility index (Phi) is 3.93. The third kappa shape index (κ3) is 2.74. The fourth-order valence-corrected chi connectivity index (χ4v) is 2.76. The fourth-order valence-electron chi connectivity index (χ4n) is 1.47. The number of aliphatic hydroxyl groups excluding tert-OH is 1. The zero-order chi connectivity index (χ0) is 12.4. The van der Waals surface area contributed by atoms with Crippen molar-refractivity contribution in [3.05, 3.63) is 32.1 Å². The maximum atomic E-state index is 11.6. The molecule has 6 nitrogen and oxygen atoms in total. The first-order valence-electron chi connectivity index (χ1n) is 4.97. The molecule has 2 unspecified atom stereocenters. The summed E-state index contributed by atoms with van der Waals surface area (Å²) in [6.45, 7) is 0.249. The molecule has 2 N–H and O–H groups in total. The van der Waals surface area contributed by atoms with Crippen molar-refractivity contribution in [3.8, 4) is 0 Å². The molecule has 1 aromatic rings. The smallest absolute Gasteiger partial charge is 0.329 e. The molecule has 17 heavy (non-hydrogen) atoms. The minimum Gasteiger partial charge on any atom is -0.394 e. The Morgan fingerprint density at radius 1 is 1.65 bits per heavy atom. The van der Waals surface area contributed by atoms with Crippen molar-refractivity contribution in [3.63, 3.8) is 0 Å². The molecule has 1 aliphatic rings. The van der Waals surface area contributed by atoms with E-state index in [1.54, 1.807) is 0 Å². The van der Waals surface area contributed by atoms with Crippen molar-refractivity contribution >= 4 is 23.4 Å². The van der Waals surface area contributed by atoms with Crippen molar-refractivity contribution in [2.45, 2.75) is 11.5 Å². The topological polar surface area (TPSA) is 84.3 Å². The third-order valence-electron chi connectivity index (χ3n) is 2.39. The van der Waals surface area contributed by atoms with Crippen LogP contribution in [0.5, 0.6) is 0 Å². The number of hydrogen-bond acceptors (Lipinski definition) is 5. The molecule has 8 heteroatoms. The molecular weight excluding hydrogens is 268 g/mol. The molecule has 2 rings (SSSR count). The number of hydrogen-bond donors (Lipinski definition) is 2.